The number of rotatable bonds is 5. The van der Waals surface area contributed by atoms with E-state index in [1.165, 1.54) is 32.0 Å². The third-order valence-corrected chi connectivity index (χ3v) is 16.7. The molecule has 0 bridgehead atoms. The predicted octanol–water partition coefficient (Wildman–Crippen LogP) is 9.30. The molecule has 0 aliphatic heterocycles. The molecule has 1 nitrogen and oxygen atoms in total. The summed E-state index contributed by atoms with van der Waals surface area (Å²) in [5.41, 5.74) is 5.95. The second-order valence-electron chi connectivity index (χ2n) is 11.6. The zero-order valence-electron chi connectivity index (χ0n) is 21.8. The van der Waals surface area contributed by atoms with Gasteiger partial charge < -0.3 is 0 Å². The third kappa shape index (κ3) is 3.98. The Morgan fingerprint density at radius 2 is 1.42 bits per heavy atom. The van der Waals surface area contributed by atoms with E-state index in [1.54, 1.807) is 4.50 Å². The van der Waals surface area contributed by atoms with Crippen LogP contribution in [-0.4, -0.2) is 13.1 Å². The number of fused-ring (bicyclic) bond motifs is 2. The maximum absolute atomic E-state index is 4.96. The minimum atomic E-state index is -1.70. The summed E-state index contributed by atoms with van der Waals surface area (Å²) < 4.78 is 2.99. The van der Waals surface area contributed by atoms with E-state index in [0.717, 1.165) is 5.69 Å². The van der Waals surface area contributed by atoms with Crippen molar-refractivity contribution in [2.24, 2.45) is 0 Å². The summed E-state index contributed by atoms with van der Waals surface area (Å²) >= 11 is 2.03. The van der Waals surface area contributed by atoms with Gasteiger partial charge in [0.15, 0.2) is 0 Å². The summed E-state index contributed by atoms with van der Waals surface area (Å²) in [4.78, 5) is 4.96. The Morgan fingerprint density at radius 1 is 0.788 bits per heavy atom. The van der Waals surface area contributed by atoms with E-state index in [2.05, 4.69) is 111 Å². The summed E-state index contributed by atoms with van der Waals surface area (Å²) in [5.74, 6) is 0. The number of hydrogen-bond acceptors (Lipinski definition) is 2. The van der Waals surface area contributed by atoms with E-state index in [-0.39, 0.29) is 5.41 Å². The number of pyridine rings is 1. The van der Waals surface area contributed by atoms with Crippen molar-refractivity contribution in [1.29, 1.82) is 0 Å². The van der Waals surface area contributed by atoms with E-state index in [9.17, 15) is 0 Å². The normalized spacial score (nSPS) is 13.2. The molecule has 2 aromatic carbocycles. The number of aromatic nitrogens is 1. The summed E-state index contributed by atoms with van der Waals surface area (Å²) in [7, 11) is -1.70. The van der Waals surface area contributed by atoms with Crippen molar-refractivity contribution in [3.63, 3.8) is 0 Å². The fourth-order valence-electron chi connectivity index (χ4n) is 6.31. The molecule has 0 radical (unpaired) electrons. The monoisotopic (exact) mass is 473 g/mol. The summed E-state index contributed by atoms with van der Waals surface area (Å²) in [6.45, 7) is 21.6. The van der Waals surface area contributed by atoms with Gasteiger partial charge in [0.25, 0.3) is 0 Å². The van der Waals surface area contributed by atoms with Gasteiger partial charge >= 0.3 is 0 Å². The molecule has 33 heavy (non-hydrogen) atoms. The lowest BCUT2D eigenvalue weighted by atomic mass is 9.82. The van der Waals surface area contributed by atoms with Crippen molar-refractivity contribution < 1.29 is 0 Å². The van der Waals surface area contributed by atoms with Gasteiger partial charge in [0.2, 0.25) is 0 Å². The van der Waals surface area contributed by atoms with Crippen LogP contribution in [0.25, 0.3) is 32.1 Å². The molecule has 0 saturated heterocycles. The second kappa shape index (κ2) is 8.67. The van der Waals surface area contributed by atoms with Gasteiger partial charge in [0, 0.05) is 11.8 Å². The Balaban J connectivity index is 2.00. The molecule has 0 aliphatic carbocycles. The van der Waals surface area contributed by atoms with E-state index in [4.69, 9.17) is 4.98 Å². The van der Waals surface area contributed by atoms with E-state index in [1.807, 2.05) is 17.5 Å². The van der Waals surface area contributed by atoms with E-state index >= 15 is 0 Å². The number of hydrogen-bond donors (Lipinski definition) is 0. The Hall–Kier alpha value is -1.97. The fraction of sp³-hybridized carbons (Fsp3) is 0.433. The lowest BCUT2D eigenvalue weighted by Crippen LogP contribution is -2.54. The van der Waals surface area contributed by atoms with Crippen LogP contribution in [0.5, 0.6) is 0 Å². The molecule has 0 fully saturated rings. The largest absolute Gasteiger partial charge is 0.255 e. The minimum absolute atomic E-state index is 0.0686. The Bertz CT molecular complexity index is 1270. The highest BCUT2D eigenvalue weighted by atomic mass is 32.1. The van der Waals surface area contributed by atoms with Crippen LogP contribution in [-0.2, 0) is 5.41 Å². The standard InChI is InChI=1S/C30H39NSSi/c1-19(2)33(20(3)4,21(5)6)27-18-23-14-15-31-28(29(23)32-27)24-16-22-12-10-11-13-25(22)26(17-24)30(7,8)9/h10-21H,1-9H3. The third-order valence-electron chi connectivity index (χ3n) is 7.67. The van der Waals surface area contributed by atoms with Gasteiger partial charge in [-0.1, -0.05) is 86.6 Å². The molecule has 0 unspecified atom stereocenters. The molecule has 0 N–H and O–H groups in total. The first kappa shape index (κ1) is 24.2. The van der Waals surface area contributed by atoms with Crippen LogP contribution in [0, 0.1) is 0 Å². The van der Waals surface area contributed by atoms with Crippen LogP contribution < -0.4 is 4.50 Å². The lowest BCUT2D eigenvalue weighted by Gasteiger charge is -2.42. The van der Waals surface area contributed by atoms with E-state index in [0.29, 0.717) is 16.6 Å². The topological polar surface area (TPSA) is 12.9 Å². The van der Waals surface area contributed by atoms with Gasteiger partial charge in [-0.2, -0.15) is 0 Å². The SMILES string of the molecule is CC(C)[Si](c1cc2ccnc(-c3cc(C(C)(C)C)c4ccccc4c3)c2s1)(C(C)C)C(C)C. The molecule has 0 amide bonds. The van der Waals surface area contributed by atoms with Crippen molar-refractivity contribution in [3.05, 3.63) is 60.3 Å². The average Bonchev–Trinajstić information content (AvgIpc) is 3.15. The minimum Gasteiger partial charge on any atom is -0.255 e. The molecular formula is C30H39NSSi. The highest BCUT2D eigenvalue weighted by Gasteiger charge is 2.45. The fourth-order valence-corrected chi connectivity index (χ4v) is 16.5. The van der Waals surface area contributed by atoms with Gasteiger partial charge in [-0.3, -0.25) is 4.98 Å². The maximum atomic E-state index is 4.96. The van der Waals surface area contributed by atoms with Crippen molar-refractivity contribution >= 4 is 44.8 Å². The number of nitrogens with zero attached hydrogens (tertiary/aromatic N) is 1. The lowest BCUT2D eigenvalue weighted by molar-refractivity contribution is 0.596. The van der Waals surface area contributed by atoms with Gasteiger partial charge in [0.1, 0.15) is 8.07 Å². The van der Waals surface area contributed by atoms with Gasteiger partial charge in [-0.05, 0) is 72.5 Å². The van der Waals surface area contributed by atoms with Gasteiger partial charge in [0.05, 0.1) is 10.4 Å². The molecule has 0 spiro atoms. The van der Waals surface area contributed by atoms with Crippen molar-refractivity contribution in [3.8, 4) is 11.3 Å². The van der Waals surface area contributed by atoms with E-state index < -0.39 is 8.07 Å². The quantitative estimate of drug-likeness (QED) is 0.263. The Morgan fingerprint density at radius 3 is 2.03 bits per heavy atom. The zero-order chi connectivity index (χ0) is 24.1. The molecule has 4 rings (SSSR count). The van der Waals surface area contributed by atoms with Crippen molar-refractivity contribution in [2.45, 2.75) is 84.4 Å². The highest BCUT2D eigenvalue weighted by Crippen LogP contribution is 2.44. The number of benzene rings is 2. The molecule has 2 heterocycles. The average molecular weight is 474 g/mol. The second-order valence-corrected chi connectivity index (χ2v) is 18.9. The summed E-state index contributed by atoms with van der Waals surface area (Å²) in [6, 6.07) is 18.2. The molecule has 0 aliphatic rings. The van der Waals surface area contributed by atoms with Gasteiger partial charge in [-0.25, -0.2) is 0 Å². The van der Waals surface area contributed by atoms with Crippen LogP contribution >= 0.6 is 11.3 Å². The molecule has 3 heteroatoms. The molecule has 174 valence electrons. The molecule has 0 atom stereocenters. The summed E-state index contributed by atoms with van der Waals surface area (Å²) in [6.07, 6.45) is 2.00. The molecule has 2 aromatic heterocycles. The highest BCUT2D eigenvalue weighted by molar-refractivity contribution is 7.32. The van der Waals surface area contributed by atoms with Crippen molar-refractivity contribution in [1.82, 2.24) is 4.98 Å². The van der Waals surface area contributed by atoms with Gasteiger partial charge in [-0.15, -0.1) is 11.3 Å². The number of thiophene rings is 1. The van der Waals surface area contributed by atoms with Crippen LogP contribution in [0.3, 0.4) is 0 Å². The van der Waals surface area contributed by atoms with Crippen LogP contribution in [0.4, 0.5) is 0 Å². The van der Waals surface area contributed by atoms with Crippen molar-refractivity contribution in [2.75, 3.05) is 0 Å². The summed E-state index contributed by atoms with van der Waals surface area (Å²) in [5, 5.41) is 3.99. The molecular weight excluding hydrogens is 434 g/mol. The van der Waals surface area contributed by atoms with Crippen LogP contribution in [0.2, 0.25) is 16.6 Å². The van der Waals surface area contributed by atoms with Crippen LogP contribution in [0.15, 0.2) is 54.7 Å². The van der Waals surface area contributed by atoms with Crippen LogP contribution in [0.1, 0.15) is 67.9 Å². The first-order valence-electron chi connectivity index (χ1n) is 12.4. The Kier molecular flexibility index (Phi) is 6.35. The Labute approximate surface area is 205 Å². The molecule has 4 aromatic rings. The first-order valence-corrected chi connectivity index (χ1v) is 15.5. The predicted molar refractivity (Wildman–Crippen MR) is 152 cm³/mol. The first-order chi connectivity index (χ1) is 15.5. The molecule has 0 saturated carbocycles. The maximum Gasteiger partial charge on any atom is 0.107 e. The zero-order valence-corrected chi connectivity index (χ0v) is 23.6. The smallest absolute Gasteiger partial charge is 0.107 e.